The van der Waals surface area contributed by atoms with Crippen LogP contribution in [0.25, 0.3) is 11.5 Å². The molecule has 0 saturated heterocycles. The van der Waals surface area contributed by atoms with Gasteiger partial charge in [-0.15, -0.1) is 0 Å². The molecule has 6 nitrogen and oxygen atoms in total. The summed E-state index contributed by atoms with van der Waals surface area (Å²) in [6.07, 6.45) is 1.09. The summed E-state index contributed by atoms with van der Waals surface area (Å²) in [6, 6.07) is 4.82. The molecule has 96 valence electrons. The Kier molecular flexibility index (Phi) is 3.27. The highest BCUT2D eigenvalue weighted by atomic mass is 35.5. The number of sulfone groups is 1. The van der Waals surface area contributed by atoms with Crippen LogP contribution in [0.15, 0.2) is 22.7 Å². The van der Waals surface area contributed by atoms with Gasteiger partial charge in [-0.2, -0.15) is 4.98 Å². The maximum absolute atomic E-state index is 11.1. The molecule has 0 aliphatic carbocycles. The number of anilines is 1. The SMILES string of the molecule is CS(=O)(=O)Cc1noc(-c2cc(Cl)ccc2N)n1. The lowest BCUT2D eigenvalue weighted by Crippen LogP contribution is -2.02. The topological polar surface area (TPSA) is 99.1 Å². The molecule has 0 unspecified atom stereocenters. The first-order valence-electron chi connectivity index (χ1n) is 4.91. The Labute approximate surface area is 109 Å². The summed E-state index contributed by atoms with van der Waals surface area (Å²) >= 11 is 5.84. The highest BCUT2D eigenvalue weighted by Gasteiger charge is 2.15. The van der Waals surface area contributed by atoms with Gasteiger partial charge in [0.2, 0.25) is 0 Å². The number of halogens is 1. The van der Waals surface area contributed by atoms with Gasteiger partial charge in [0.25, 0.3) is 5.89 Å². The Morgan fingerprint density at radius 1 is 1.44 bits per heavy atom. The molecule has 2 N–H and O–H groups in total. The molecule has 1 aromatic carbocycles. The monoisotopic (exact) mass is 287 g/mol. The average Bonchev–Trinajstić information content (AvgIpc) is 2.67. The fourth-order valence-corrected chi connectivity index (χ4v) is 2.13. The van der Waals surface area contributed by atoms with E-state index in [1.54, 1.807) is 18.2 Å². The molecule has 0 atom stereocenters. The van der Waals surface area contributed by atoms with Crippen LogP contribution in [0, 0.1) is 0 Å². The minimum atomic E-state index is -3.21. The van der Waals surface area contributed by atoms with Gasteiger partial charge in [0.1, 0.15) is 5.75 Å². The van der Waals surface area contributed by atoms with Crippen molar-refractivity contribution in [2.45, 2.75) is 5.75 Å². The Morgan fingerprint density at radius 2 is 2.17 bits per heavy atom. The number of benzene rings is 1. The van der Waals surface area contributed by atoms with Gasteiger partial charge < -0.3 is 10.3 Å². The summed E-state index contributed by atoms with van der Waals surface area (Å²) in [4.78, 5) is 3.97. The van der Waals surface area contributed by atoms with Crippen LogP contribution in [0.4, 0.5) is 5.69 Å². The van der Waals surface area contributed by atoms with Gasteiger partial charge in [0.05, 0.1) is 5.56 Å². The van der Waals surface area contributed by atoms with Crippen molar-refractivity contribution in [1.29, 1.82) is 0 Å². The highest BCUT2D eigenvalue weighted by molar-refractivity contribution is 7.89. The third-order valence-corrected chi connectivity index (χ3v) is 3.12. The molecule has 1 heterocycles. The number of nitrogens with two attached hydrogens (primary N) is 1. The summed E-state index contributed by atoms with van der Waals surface area (Å²) in [5.41, 5.74) is 6.66. The number of hydrogen-bond donors (Lipinski definition) is 1. The minimum Gasteiger partial charge on any atom is -0.398 e. The number of nitrogens with zero attached hydrogens (tertiary/aromatic N) is 2. The van der Waals surface area contributed by atoms with Gasteiger partial charge >= 0.3 is 0 Å². The fraction of sp³-hybridized carbons (Fsp3) is 0.200. The number of nitrogen functional groups attached to an aromatic ring is 1. The van der Waals surface area contributed by atoms with Crippen LogP contribution in [-0.2, 0) is 15.6 Å². The van der Waals surface area contributed by atoms with Crippen LogP contribution in [0.5, 0.6) is 0 Å². The lowest BCUT2D eigenvalue weighted by molar-refractivity contribution is 0.424. The van der Waals surface area contributed by atoms with E-state index >= 15 is 0 Å². The van der Waals surface area contributed by atoms with Gasteiger partial charge in [0, 0.05) is 17.0 Å². The molecule has 1 aromatic heterocycles. The third kappa shape index (κ3) is 2.99. The second-order valence-corrected chi connectivity index (χ2v) is 6.39. The van der Waals surface area contributed by atoms with Crippen LogP contribution in [0.2, 0.25) is 5.02 Å². The molecule has 0 saturated carbocycles. The van der Waals surface area contributed by atoms with Crippen LogP contribution >= 0.6 is 11.6 Å². The molecule has 0 spiro atoms. The second kappa shape index (κ2) is 4.58. The normalized spacial score (nSPS) is 11.7. The third-order valence-electron chi connectivity index (χ3n) is 2.11. The second-order valence-electron chi connectivity index (χ2n) is 3.82. The van der Waals surface area contributed by atoms with Crippen molar-refractivity contribution in [2.75, 3.05) is 12.0 Å². The average molecular weight is 288 g/mol. The first-order chi connectivity index (χ1) is 8.35. The van der Waals surface area contributed by atoms with E-state index in [0.29, 0.717) is 16.3 Å². The molecule has 0 aliphatic rings. The standard InChI is InChI=1S/C10H10ClN3O3S/c1-18(15,16)5-9-13-10(17-14-9)7-4-6(11)2-3-8(7)12/h2-4H,5,12H2,1H3. The van der Waals surface area contributed by atoms with Gasteiger partial charge in [-0.05, 0) is 18.2 Å². The Hall–Kier alpha value is -1.60. The van der Waals surface area contributed by atoms with Crippen molar-refractivity contribution in [3.05, 3.63) is 29.0 Å². The minimum absolute atomic E-state index is 0.0897. The van der Waals surface area contributed by atoms with Gasteiger partial charge in [0.15, 0.2) is 15.7 Å². The molecule has 2 aromatic rings. The Morgan fingerprint density at radius 3 is 2.83 bits per heavy atom. The summed E-state index contributed by atoms with van der Waals surface area (Å²) in [5.74, 6) is -0.0442. The largest absolute Gasteiger partial charge is 0.398 e. The van der Waals surface area contributed by atoms with Crippen molar-refractivity contribution in [3.63, 3.8) is 0 Å². The predicted octanol–water partition coefficient (Wildman–Crippen LogP) is 1.52. The lowest BCUT2D eigenvalue weighted by atomic mass is 10.2. The van der Waals surface area contributed by atoms with Crippen LogP contribution in [0.3, 0.4) is 0 Å². The first kappa shape index (κ1) is 12.8. The molecule has 0 bridgehead atoms. The van der Waals surface area contributed by atoms with Crippen molar-refractivity contribution in [1.82, 2.24) is 10.1 Å². The predicted molar refractivity (Wildman–Crippen MR) is 67.7 cm³/mol. The molecule has 0 amide bonds. The quantitative estimate of drug-likeness (QED) is 0.859. The van der Waals surface area contributed by atoms with Crippen molar-refractivity contribution in [3.8, 4) is 11.5 Å². The molecule has 18 heavy (non-hydrogen) atoms. The van der Waals surface area contributed by atoms with Gasteiger partial charge in [-0.3, -0.25) is 0 Å². The summed E-state index contributed by atoms with van der Waals surface area (Å²) in [7, 11) is -3.21. The molecular weight excluding hydrogens is 278 g/mol. The first-order valence-corrected chi connectivity index (χ1v) is 7.35. The molecule has 2 rings (SSSR count). The fourth-order valence-electron chi connectivity index (χ4n) is 1.37. The van der Waals surface area contributed by atoms with Gasteiger partial charge in [-0.1, -0.05) is 16.8 Å². The Balaban J connectivity index is 2.38. The van der Waals surface area contributed by atoms with Crippen molar-refractivity contribution in [2.24, 2.45) is 0 Å². The van der Waals surface area contributed by atoms with E-state index in [0.717, 1.165) is 6.26 Å². The zero-order valence-electron chi connectivity index (χ0n) is 9.42. The van der Waals surface area contributed by atoms with E-state index in [9.17, 15) is 8.42 Å². The number of rotatable bonds is 3. The van der Waals surface area contributed by atoms with E-state index in [1.165, 1.54) is 0 Å². The van der Waals surface area contributed by atoms with E-state index in [2.05, 4.69) is 10.1 Å². The smallest absolute Gasteiger partial charge is 0.260 e. The summed E-state index contributed by atoms with van der Waals surface area (Å²) in [5, 5.41) is 4.06. The van der Waals surface area contributed by atoms with E-state index in [1.807, 2.05) is 0 Å². The summed E-state index contributed by atoms with van der Waals surface area (Å²) in [6.45, 7) is 0. The molecule has 0 fully saturated rings. The van der Waals surface area contributed by atoms with Crippen molar-refractivity contribution < 1.29 is 12.9 Å². The zero-order valence-corrected chi connectivity index (χ0v) is 11.0. The zero-order chi connectivity index (χ0) is 13.3. The molecule has 0 aliphatic heterocycles. The number of hydrogen-bond acceptors (Lipinski definition) is 6. The summed E-state index contributed by atoms with van der Waals surface area (Å²) < 4.78 is 27.2. The van der Waals surface area contributed by atoms with E-state index in [4.69, 9.17) is 21.9 Å². The molecule has 8 heteroatoms. The van der Waals surface area contributed by atoms with Crippen molar-refractivity contribution >= 4 is 27.1 Å². The van der Waals surface area contributed by atoms with Gasteiger partial charge in [-0.25, -0.2) is 8.42 Å². The van der Waals surface area contributed by atoms with E-state index < -0.39 is 9.84 Å². The maximum atomic E-state index is 11.1. The van der Waals surface area contributed by atoms with Crippen LogP contribution < -0.4 is 5.73 Å². The van der Waals surface area contributed by atoms with Crippen LogP contribution in [-0.4, -0.2) is 24.8 Å². The Bertz CT molecular complexity index is 681. The lowest BCUT2D eigenvalue weighted by Gasteiger charge is -2.00. The molecular formula is C10H10ClN3O3S. The maximum Gasteiger partial charge on any atom is 0.260 e. The molecule has 0 radical (unpaired) electrons. The van der Waals surface area contributed by atoms with Crippen LogP contribution in [0.1, 0.15) is 5.82 Å². The highest BCUT2D eigenvalue weighted by Crippen LogP contribution is 2.27. The number of aromatic nitrogens is 2. The van der Waals surface area contributed by atoms with E-state index in [-0.39, 0.29) is 17.5 Å².